The molecule has 44 heavy (non-hydrogen) atoms. The maximum atomic E-state index is 6.69. The van der Waals surface area contributed by atoms with Gasteiger partial charge in [0.1, 0.15) is 24.4 Å². The molecule has 0 saturated carbocycles. The van der Waals surface area contributed by atoms with Crippen molar-refractivity contribution in [2.45, 2.75) is 57.1 Å². The summed E-state index contributed by atoms with van der Waals surface area (Å²) >= 11 is 5.92. The van der Waals surface area contributed by atoms with Crippen LogP contribution in [0.5, 0.6) is 0 Å². The fourth-order valence-electron chi connectivity index (χ4n) is 5.03. The van der Waals surface area contributed by atoms with E-state index < -0.39 is 30.7 Å². The van der Waals surface area contributed by atoms with Crippen LogP contribution in [0.1, 0.15) is 22.3 Å². The average Bonchev–Trinajstić information content (AvgIpc) is 3.08. The van der Waals surface area contributed by atoms with E-state index in [0.29, 0.717) is 32.3 Å². The van der Waals surface area contributed by atoms with Crippen molar-refractivity contribution in [1.29, 1.82) is 0 Å². The van der Waals surface area contributed by atoms with Crippen molar-refractivity contribution in [2.24, 2.45) is 0 Å². The first kappa shape index (κ1) is 31.9. The molecule has 0 radical (unpaired) electrons. The molecule has 0 amide bonds. The Morgan fingerprint density at radius 3 is 1.45 bits per heavy atom. The highest BCUT2D eigenvalue weighted by molar-refractivity contribution is 6.18. The van der Waals surface area contributed by atoms with Crippen LogP contribution in [0.3, 0.4) is 0 Å². The maximum Gasteiger partial charge on any atom is 0.228 e. The zero-order valence-electron chi connectivity index (χ0n) is 24.7. The van der Waals surface area contributed by atoms with E-state index in [1.54, 1.807) is 12.3 Å². The van der Waals surface area contributed by atoms with E-state index in [-0.39, 0.29) is 6.61 Å². The van der Waals surface area contributed by atoms with Gasteiger partial charge in [-0.1, -0.05) is 121 Å². The predicted octanol–water partition coefficient (Wildman–Crippen LogP) is 7.45. The standard InChI is InChI=1S/C37H39ClO6/c38-22-13-23-40-37-36(43-27-32-20-11-4-12-21-32)35(42-26-31-18-9-3-10-19-31)34(41-25-30-16-7-2-8-17-30)33(44-37)28-39-24-29-14-5-1-6-15-29/h1-21,23,33-37H,22,24-28H2/b23-13-/t33-,34+,35+,36-,37?/m1/s1. The summed E-state index contributed by atoms with van der Waals surface area (Å²) in [5.41, 5.74) is 4.19. The monoisotopic (exact) mass is 614 g/mol. The molecule has 0 spiro atoms. The molecule has 230 valence electrons. The molecule has 4 aromatic carbocycles. The smallest absolute Gasteiger partial charge is 0.228 e. The van der Waals surface area contributed by atoms with E-state index in [1.165, 1.54) is 0 Å². The Bertz CT molecular complexity index is 1360. The number of hydrogen-bond donors (Lipinski definition) is 0. The Morgan fingerprint density at radius 1 is 0.545 bits per heavy atom. The molecule has 5 rings (SSSR count). The normalized spacial score (nSPS) is 21.8. The number of rotatable bonds is 16. The minimum atomic E-state index is -0.791. The summed E-state index contributed by atoms with van der Waals surface area (Å²) in [6, 6.07) is 40.2. The fraction of sp³-hybridized carbons (Fsp3) is 0.297. The predicted molar refractivity (Wildman–Crippen MR) is 171 cm³/mol. The van der Waals surface area contributed by atoms with Gasteiger partial charge in [0.25, 0.3) is 0 Å². The molecule has 1 fully saturated rings. The summed E-state index contributed by atoms with van der Waals surface area (Å²) < 4.78 is 38.8. The van der Waals surface area contributed by atoms with Crippen molar-refractivity contribution in [2.75, 3.05) is 12.5 Å². The lowest BCUT2D eigenvalue weighted by Crippen LogP contribution is -2.61. The van der Waals surface area contributed by atoms with Gasteiger partial charge in [0.2, 0.25) is 6.29 Å². The van der Waals surface area contributed by atoms with E-state index in [1.807, 2.05) is 121 Å². The van der Waals surface area contributed by atoms with E-state index in [0.717, 1.165) is 22.3 Å². The zero-order valence-corrected chi connectivity index (χ0v) is 25.4. The summed E-state index contributed by atoms with van der Waals surface area (Å²) in [6.07, 6.45) is 0.291. The molecule has 1 aliphatic rings. The van der Waals surface area contributed by atoms with Crippen LogP contribution in [0, 0.1) is 0 Å². The average molecular weight is 615 g/mol. The van der Waals surface area contributed by atoms with Crippen LogP contribution in [-0.4, -0.2) is 43.2 Å². The zero-order chi connectivity index (χ0) is 30.2. The van der Waals surface area contributed by atoms with Gasteiger partial charge in [0.15, 0.2) is 0 Å². The van der Waals surface area contributed by atoms with E-state index >= 15 is 0 Å². The van der Waals surface area contributed by atoms with Crippen LogP contribution >= 0.6 is 11.6 Å². The topological polar surface area (TPSA) is 55.4 Å². The molecular formula is C37H39ClO6. The summed E-state index contributed by atoms with van der Waals surface area (Å²) in [6.45, 7) is 1.79. The lowest BCUT2D eigenvalue weighted by molar-refractivity contribution is -0.318. The summed E-state index contributed by atoms with van der Waals surface area (Å²) in [5.74, 6) is 0.308. The second-order valence-electron chi connectivity index (χ2n) is 10.5. The molecule has 7 heteroatoms. The fourth-order valence-corrected chi connectivity index (χ4v) is 5.10. The first-order chi connectivity index (χ1) is 21.8. The number of allylic oxidation sites excluding steroid dienone is 1. The quantitative estimate of drug-likeness (QED) is 0.0965. The molecule has 6 nitrogen and oxygen atoms in total. The molecule has 0 bridgehead atoms. The highest BCUT2D eigenvalue weighted by Gasteiger charge is 2.49. The van der Waals surface area contributed by atoms with Gasteiger partial charge in [-0.25, -0.2) is 0 Å². The number of benzene rings is 4. The summed E-state index contributed by atoms with van der Waals surface area (Å²) in [5, 5.41) is 0. The number of alkyl halides is 1. The van der Waals surface area contributed by atoms with Crippen molar-refractivity contribution in [1.82, 2.24) is 0 Å². The minimum absolute atomic E-state index is 0.268. The van der Waals surface area contributed by atoms with Crippen molar-refractivity contribution < 1.29 is 28.4 Å². The van der Waals surface area contributed by atoms with Crippen molar-refractivity contribution >= 4 is 11.6 Å². The Kier molecular flexibility index (Phi) is 12.9. The van der Waals surface area contributed by atoms with Gasteiger partial charge in [0.05, 0.1) is 39.3 Å². The highest BCUT2D eigenvalue weighted by atomic mass is 35.5. The van der Waals surface area contributed by atoms with E-state index in [9.17, 15) is 0 Å². The molecule has 1 heterocycles. The first-order valence-electron chi connectivity index (χ1n) is 14.9. The van der Waals surface area contributed by atoms with E-state index in [2.05, 4.69) is 0 Å². The SMILES string of the molecule is ClC/C=C\OC1O[C@H](COCc2ccccc2)[C@H](OCc2ccccc2)[C@H](OCc2ccccc2)[C@H]1OCc1ccccc1. The van der Waals surface area contributed by atoms with Gasteiger partial charge >= 0.3 is 0 Å². The Labute approximate surface area is 265 Å². The molecule has 1 unspecified atom stereocenters. The Balaban J connectivity index is 1.42. The van der Waals surface area contributed by atoms with Gasteiger partial charge in [-0.15, -0.1) is 11.6 Å². The first-order valence-corrected chi connectivity index (χ1v) is 15.4. The minimum Gasteiger partial charge on any atom is -0.470 e. The lowest BCUT2D eigenvalue weighted by Gasteiger charge is -2.45. The van der Waals surface area contributed by atoms with Gasteiger partial charge in [0, 0.05) is 5.88 Å². The molecular weight excluding hydrogens is 576 g/mol. The summed E-state index contributed by atoms with van der Waals surface area (Å²) in [4.78, 5) is 0. The third-order valence-electron chi connectivity index (χ3n) is 7.24. The van der Waals surface area contributed by atoms with Crippen LogP contribution in [0.25, 0.3) is 0 Å². The lowest BCUT2D eigenvalue weighted by atomic mass is 9.97. The summed E-state index contributed by atoms with van der Waals surface area (Å²) in [7, 11) is 0. The number of hydrogen-bond acceptors (Lipinski definition) is 6. The van der Waals surface area contributed by atoms with Gasteiger partial charge in [-0.2, -0.15) is 0 Å². The van der Waals surface area contributed by atoms with Crippen LogP contribution in [0.4, 0.5) is 0 Å². The van der Waals surface area contributed by atoms with Crippen molar-refractivity contribution in [3.05, 3.63) is 156 Å². The van der Waals surface area contributed by atoms with Crippen LogP contribution in [0.2, 0.25) is 0 Å². The molecule has 0 aliphatic carbocycles. The third kappa shape index (κ3) is 9.76. The number of halogens is 1. The molecule has 4 aromatic rings. The van der Waals surface area contributed by atoms with Crippen LogP contribution < -0.4 is 0 Å². The van der Waals surface area contributed by atoms with E-state index in [4.69, 9.17) is 40.0 Å². The molecule has 5 atom stereocenters. The molecule has 0 aromatic heterocycles. The van der Waals surface area contributed by atoms with Crippen molar-refractivity contribution in [3.8, 4) is 0 Å². The van der Waals surface area contributed by atoms with Crippen LogP contribution in [0.15, 0.2) is 134 Å². The van der Waals surface area contributed by atoms with Crippen molar-refractivity contribution in [3.63, 3.8) is 0 Å². The second kappa shape index (κ2) is 17.7. The largest absolute Gasteiger partial charge is 0.470 e. The molecule has 0 N–H and O–H groups in total. The number of ether oxygens (including phenoxy) is 6. The maximum absolute atomic E-state index is 6.69. The third-order valence-corrected chi connectivity index (χ3v) is 7.42. The van der Waals surface area contributed by atoms with Gasteiger partial charge in [-0.05, 0) is 28.3 Å². The Morgan fingerprint density at radius 2 is 0.977 bits per heavy atom. The van der Waals surface area contributed by atoms with Gasteiger partial charge in [-0.3, -0.25) is 0 Å². The van der Waals surface area contributed by atoms with Crippen LogP contribution in [-0.2, 0) is 54.8 Å². The Hall–Kier alpha value is -3.49. The molecule has 1 aliphatic heterocycles. The second-order valence-corrected chi connectivity index (χ2v) is 10.8. The van der Waals surface area contributed by atoms with Gasteiger partial charge < -0.3 is 28.4 Å². The highest BCUT2D eigenvalue weighted by Crippen LogP contribution is 2.31. The molecule has 1 saturated heterocycles.